The summed E-state index contributed by atoms with van der Waals surface area (Å²) < 4.78 is 0. The molecule has 2 N–H and O–H groups in total. The van der Waals surface area contributed by atoms with E-state index in [0.29, 0.717) is 6.04 Å². The van der Waals surface area contributed by atoms with Crippen molar-refractivity contribution in [3.8, 4) is 0 Å². The lowest BCUT2D eigenvalue weighted by Gasteiger charge is -2.28. The van der Waals surface area contributed by atoms with Gasteiger partial charge in [-0.2, -0.15) is 0 Å². The maximum atomic E-state index is 3.50. The van der Waals surface area contributed by atoms with Gasteiger partial charge in [0, 0.05) is 6.04 Å². The molecule has 2 heteroatoms. The quantitative estimate of drug-likeness (QED) is 0.706. The molecule has 2 atom stereocenters. The van der Waals surface area contributed by atoms with Crippen molar-refractivity contribution in [1.29, 1.82) is 0 Å². The maximum Gasteiger partial charge on any atom is 0.00103 e. The highest BCUT2D eigenvalue weighted by atomic mass is 14.9. The van der Waals surface area contributed by atoms with Gasteiger partial charge in [-0.3, -0.25) is 0 Å². The maximum absolute atomic E-state index is 3.50. The normalized spacial score (nSPS) is 25.3. The van der Waals surface area contributed by atoms with E-state index < -0.39 is 0 Å². The molecule has 1 rings (SSSR count). The molecule has 0 aliphatic carbocycles. The van der Waals surface area contributed by atoms with Gasteiger partial charge in [-0.1, -0.05) is 20.8 Å². The number of hydrogen-bond donors (Lipinski definition) is 2. The third kappa shape index (κ3) is 4.43. The first-order valence-corrected chi connectivity index (χ1v) is 6.14. The van der Waals surface area contributed by atoms with Crippen LogP contribution in [-0.2, 0) is 0 Å². The van der Waals surface area contributed by atoms with Crippen molar-refractivity contribution in [2.45, 2.75) is 46.1 Å². The third-order valence-corrected chi connectivity index (χ3v) is 3.29. The second-order valence-electron chi connectivity index (χ2n) is 4.98. The summed E-state index contributed by atoms with van der Waals surface area (Å²) in [5, 5.41) is 6.99. The van der Waals surface area contributed by atoms with Crippen molar-refractivity contribution in [2.24, 2.45) is 11.8 Å². The standard InChI is InChI=1S/C12H26N2/c1-10(2)14-8-6-11(3)12-5-4-7-13-9-12/h10-14H,4-9H2,1-3H3. The Kier molecular flexibility index (Phi) is 5.49. The van der Waals surface area contributed by atoms with Crippen LogP contribution in [0.2, 0.25) is 0 Å². The van der Waals surface area contributed by atoms with Crippen LogP contribution in [0.4, 0.5) is 0 Å². The Bertz CT molecular complexity index is 139. The van der Waals surface area contributed by atoms with Gasteiger partial charge in [-0.05, 0) is 50.7 Å². The highest BCUT2D eigenvalue weighted by Crippen LogP contribution is 2.21. The lowest BCUT2D eigenvalue weighted by Crippen LogP contribution is -2.34. The van der Waals surface area contributed by atoms with Gasteiger partial charge < -0.3 is 10.6 Å². The van der Waals surface area contributed by atoms with Gasteiger partial charge in [0.25, 0.3) is 0 Å². The Hall–Kier alpha value is -0.0800. The monoisotopic (exact) mass is 198 g/mol. The van der Waals surface area contributed by atoms with E-state index in [-0.39, 0.29) is 0 Å². The fraction of sp³-hybridized carbons (Fsp3) is 1.00. The van der Waals surface area contributed by atoms with E-state index in [1.165, 1.54) is 38.9 Å². The van der Waals surface area contributed by atoms with Crippen molar-refractivity contribution in [3.63, 3.8) is 0 Å². The van der Waals surface area contributed by atoms with Crippen LogP contribution < -0.4 is 10.6 Å². The van der Waals surface area contributed by atoms with Gasteiger partial charge in [0.15, 0.2) is 0 Å². The zero-order valence-electron chi connectivity index (χ0n) is 9.97. The van der Waals surface area contributed by atoms with Crippen LogP contribution in [0.25, 0.3) is 0 Å². The average molecular weight is 198 g/mol. The van der Waals surface area contributed by atoms with Gasteiger partial charge in [0.05, 0.1) is 0 Å². The van der Waals surface area contributed by atoms with Crippen molar-refractivity contribution >= 4 is 0 Å². The van der Waals surface area contributed by atoms with Gasteiger partial charge >= 0.3 is 0 Å². The zero-order chi connectivity index (χ0) is 10.4. The summed E-state index contributed by atoms with van der Waals surface area (Å²) in [6.07, 6.45) is 4.12. The molecule has 2 unspecified atom stereocenters. The summed E-state index contributed by atoms with van der Waals surface area (Å²) >= 11 is 0. The lowest BCUT2D eigenvalue weighted by molar-refractivity contribution is 0.265. The van der Waals surface area contributed by atoms with Crippen molar-refractivity contribution in [1.82, 2.24) is 10.6 Å². The number of rotatable bonds is 5. The summed E-state index contributed by atoms with van der Waals surface area (Å²) in [6.45, 7) is 10.5. The topological polar surface area (TPSA) is 24.1 Å². The second-order valence-corrected chi connectivity index (χ2v) is 4.98. The van der Waals surface area contributed by atoms with E-state index in [1.807, 2.05) is 0 Å². The third-order valence-electron chi connectivity index (χ3n) is 3.29. The minimum absolute atomic E-state index is 0.631. The molecular weight excluding hydrogens is 172 g/mol. The molecule has 0 saturated carbocycles. The summed E-state index contributed by atoms with van der Waals surface area (Å²) in [6, 6.07) is 0.631. The predicted molar refractivity (Wildman–Crippen MR) is 62.5 cm³/mol. The number of piperidine rings is 1. The van der Waals surface area contributed by atoms with Crippen molar-refractivity contribution < 1.29 is 0 Å². The fourth-order valence-corrected chi connectivity index (χ4v) is 2.20. The Morgan fingerprint density at radius 2 is 2.14 bits per heavy atom. The first-order valence-electron chi connectivity index (χ1n) is 6.14. The van der Waals surface area contributed by atoms with Gasteiger partial charge in [0.1, 0.15) is 0 Å². The van der Waals surface area contributed by atoms with Crippen LogP contribution in [0, 0.1) is 11.8 Å². The van der Waals surface area contributed by atoms with Gasteiger partial charge in [0.2, 0.25) is 0 Å². The molecule has 2 nitrogen and oxygen atoms in total. The number of nitrogens with one attached hydrogen (secondary N) is 2. The fourth-order valence-electron chi connectivity index (χ4n) is 2.20. The molecule has 0 spiro atoms. The van der Waals surface area contributed by atoms with Crippen LogP contribution >= 0.6 is 0 Å². The summed E-state index contributed by atoms with van der Waals surface area (Å²) in [5.41, 5.74) is 0. The molecule has 1 aliphatic rings. The van der Waals surface area contributed by atoms with Crippen LogP contribution in [0.15, 0.2) is 0 Å². The summed E-state index contributed by atoms with van der Waals surface area (Å²) in [7, 11) is 0. The molecule has 0 aromatic carbocycles. The summed E-state index contributed by atoms with van der Waals surface area (Å²) in [5.74, 6) is 1.78. The molecule has 1 saturated heterocycles. The van der Waals surface area contributed by atoms with E-state index in [4.69, 9.17) is 0 Å². The average Bonchev–Trinajstić information content (AvgIpc) is 2.18. The SMILES string of the molecule is CC(C)NCCC(C)C1CCCNC1. The molecule has 0 aromatic rings. The molecule has 0 radical (unpaired) electrons. The van der Waals surface area contributed by atoms with E-state index in [0.717, 1.165) is 11.8 Å². The largest absolute Gasteiger partial charge is 0.316 e. The minimum Gasteiger partial charge on any atom is -0.316 e. The minimum atomic E-state index is 0.631. The van der Waals surface area contributed by atoms with E-state index in [1.54, 1.807) is 0 Å². The number of hydrogen-bond acceptors (Lipinski definition) is 2. The van der Waals surface area contributed by atoms with Gasteiger partial charge in [-0.15, -0.1) is 0 Å². The van der Waals surface area contributed by atoms with Crippen molar-refractivity contribution in [3.05, 3.63) is 0 Å². The molecule has 0 amide bonds. The lowest BCUT2D eigenvalue weighted by atomic mass is 9.85. The van der Waals surface area contributed by atoms with Crippen LogP contribution in [0.5, 0.6) is 0 Å². The second kappa shape index (κ2) is 6.41. The molecule has 84 valence electrons. The summed E-state index contributed by atoms with van der Waals surface area (Å²) in [4.78, 5) is 0. The Balaban J connectivity index is 2.10. The molecule has 1 aliphatic heterocycles. The van der Waals surface area contributed by atoms with E-state index >= 15 is 0 Å². The highest BCUT2D eigenvalue weighted by Gasteiger charge is 2.19. The highest BCUT2D eigenvalue weighted by molar-refractivity contribution is 4.74. The van der Waals surface area contributed by atoms with Crippen LogP contribution in [0.3, 0.4) is 0 Å². The molecule has 0 aromatic heterocycles. The molecule has 0 bridgehead atoms. The van der Waals surface area contributed by atoms with Gasteiger partial charge in [-0.25, -0.2) is 0 Å². The molecule has 14 heavy (non-hydrogen) atoms. The van der Waals surface area contributed by atoms with E-state index in [9.17, 15) is 0 Å². The first-order chi connectivity index (χ1) is 6.70. The van der Waals surface area contributed by atoms with E-state index in [2.05, 4.69) is 31.4 Å². The Labute approximate surface area is 88.8 Å². The predicted octanol–water partition coefficient (Wildman–Crippen LogP) is 2.01. The zero-order valence-corrected chi connectivity index (χ0v) is 9.97. The first kappa shape index (κ1) is 12.0. The smallest absolute Gasteiger partial charge is 0.00103 e. The molecule has 1 fully saturated rings. The van der Waals surface area contributed by atoms with Crippen LogP contribution in [-0.4, -0.2) is 25.7 Å². The Morgan fingerprint density at radius 3 is 2.71 bits per heavy atom. The Morgan fingerprint density at radius 1 is 1.36 bits per heavy atom. The van der Waals surface area contributed by atoms with Crippen molar-refractivity contribution in [2.75, 3.05) is 19.6 Å². The van der Waals surface area contributed by atoms with Crippen LogP contribution in [0.1, 0.15) is 40.0 Å². The molecule has 1 heterocycles. The molecular formula is C12H26N2.